The number of ether oxygens (including phenoxy) is 1. The first kappa shape index (κ1) is 9.00. The molecule has 0 aromatic carbocycles. The molecule has 2 fully saturated rings. The molecule has 1 saturated carbocycles. The van der Waals surface area contributed by atoms with Gasteiger partial charge in [-0.25, -0.2) is 0 Å². The van der Waals surface area contributed by atoms with Crippen molar-refractivity contribution in [3.8, 4) is 0 Å². The third-order valence-electron chi connectivity index (χ3n) is 3.25. The van der Waals surface area contributed by atoms with Crippen LogP contribution in [0.25, 0.3) is 0 Å². The maximum absolute atomic E-state index is 11.7. The van der Waals surface area contributed by atoms with Gasteiger partial charge in [0.05, 0.1) is 6.61 Å². The van der Waals surface area contributed by atoms with Crippen LogP contribution in [0.3, 0.4) is 0 Å². The van der Waals surface area contributed by atoms with E-state index in [1.54, 1.807) is 0 Å². The molecule has 13 heavy (non-hydrogen) atoms. The topological polar surface area (TPSA) is 38.3 Å². The van der Waals surface area contributed by atoms with Crippen LogP contribution >= 0.6 is 0 Å². The summed E-state index contributed by atoms with van der Waals surface area (Å²) >= 11 is 0. The molecular formula is C10H17NO2. The summed E-state index contributed by atoms with van der Waals surface area (Å²) in [5.41, 5.74) is -0.307. The molecular weight excluding hydrogens is 166 g/mol. The molecule has 74 valence electrons. The largest absolute Gasteiger partial charge is 0.465 e. The Morgan fingerprint density at radius 1 is 1.69 bits per heavy atom. The number of rotatable bonds is 2. The molecule has 0 radical (unpaired) electrons. The fourth-order valence-corrected chi connectivity index (χ4v) is 2.59. The molecule has 2 rings (SSSR count). The van der Waals surface area contributed by atoms with Gasteiger partial charge in [-0.05, 0) is 38.6 Å². The Labute approximate surface area is 78.8 Å². The lowest BCUT2D eigenvalue weighted by Gasteiger charge is -2.30. The molecule has 2 unspecified atom stereocenters. The van der Waals surface area contributed by atoms with Crippen LogP contribution in [0.1, 0.15) is 32.6 Å². The van der Waals surface area contributed by atoms with E-state index in [4.69, 9.17) is 4.74 Å². The molecule has 1 saturated heterocycles. The lowest BCUT2D eigenvalue weighted by atomic mass is 9.80. The van der Waals surface area contributed by atoms with Gasteiger partial charge in [-0.3, -0.25) is 4.79 Å². The van der Waals surface area contributed by atoms with E-state index in [1.165, 1.54) is 6.42 Å². The zero-order valence-corrected chi connectivity index (χ0v) is 8.14. The lowest BCUT2D eigenvalue weighted by molar-refractivity contribution is -0.151. The first-order valence-electron chi connectivity index (χ1n) is 5.19. The summed E-state index contributed by atoms with van der Waals surface area (Å²) in [6, 6.07) is 0. The standard InChI is InChI=1S/C10H17NO2/c1-2-13-9(12)10-5-3-4-8(6-10)7-11-10/h8,11H,2-7H2,1H3. The van der Waals surface area contributed by atoms with Crippen molar-refractivity contribution in [2.45, 2.75) is 38.1 Å². The second-order valence-electron chi connectivity index (χ2n) is 4.15. The minimum atomic E-state index is -0.307. The van der Waals surface area contributed by atoms with E-state index in [9.17, 15) is 4.79 Å². The second-order valence-corrected chi connectivity index (χ2v) is 4.15. The third-order valence-corrected chi connectivity index (χ3v) is 3.25. The minimum Gasteiger partial charge on any atom is -0.465 e. The van der Waals surface area contributed by atoms with Gasteiger partial charge in [0.15, 0.2) is 0 Å². The Bertz CT molecular complexity index is 213. The number of hydrogen-bond donors (Lipinski definition) is 1. The summed E-state index contributed by atoms with van der Waals surface area (Å²) < 4.78 is 5.10. The maximum atomic E-state index is 11.7. The van der Waals surface area contributed by atoms with E-state index in [0.29, 0.717) is 12.5 Å². The predicted molar refractivity (Wildman–Crippen MR) is 49.3 cm³/mol. The Balaban J connectivity index is 2.06. The van der Waals surface area contributed by atoms with Crippen molar-refractivity contribution in [2.24, 2.45) is 5.92 Å². The summed E-state index contributed by atoms with van der Waals surface area (Å²) in [5, 5.41) is 3.34. The summed E-state index contributed by atoms with van der Waals surface area (Å²) in [6.45, 7) is 3.36. The lowest BCUT2D eigenvalue weighted by Crippen LogP contribution is -2.49. The maximum Gasteiger partial charge on any atom is 0.326 e. The highest BCUT2D eigenvalue weighted by atomic mass is 16.5. The number of fused-ring (bicyclic) bond motifs is 2. The van der Waals surface area contributed by atoms with Crippen LogP contribution in [0.4, 0.5) is 0 Å². The molecule has 1 aliphatic heterocycles. The van der Waals surface area contributed by atoms with Gasteiger partial charge in [-0.15, -0.1) is 0 Å². The van der Waals surface area contributed by atoms with Gasteiger partial charge in [0.1, 0.15) is 5.54 Å². The first-order valence-corrected chi connectivity index (χ1v) is 5.19. The monoisotopic (exact) mass is 183 g/mol. The van der Waals surface area contributed by atoms with Gasteiger partial charge in [-0.2, -0.15) is 0 Å². The fraction of sp³-hybridized carbons (Fsp3) is 0.900. The third kappa shape index (κ3) is 1.46. The van der Waals surface area contributed by atoms with Gasteiger partial charge in [-0.1, -0.05) is 6.42 Å². The van der Waals surface area contributed by atoms with Gasteiger partial charge >= 0.3 is 5.97 Å². The minimum absolute atomic E-state index is 0.0304. The quantitative estimate of drug-likeness (QED) is 0.651. The van der Waals surface area contributed by atoms with Gasteiger partial charge in [0.25, 0.3) is 0 Å². The molecule has 0 spiro atoms. The van der Waals surface area contributed by atoms with Gasteiger partial charge in [0, 0.05) is 0 Å². The van der Waals surface area contributed by atoms with Crippen molar-refractivity contribution >= 4 is 5.97 Å². The molecule has 2 atom stereocenters. The van der Waals surface area contributed by atoms with Crippen LogP contribution in [-0.4, -0.2) is 24.7 Å². The van der Waals surface area contributed by atoms with Crippen molar-refractivity contribution in [3.05, 3.63) is 0 Å². The Kier molecular flexibility index (Phi) is 2.28. The number of carbonyl (C=O) groups excluding carboxylic acids is 1. The Hall–Kier alpha value is -0.570. The molecule has 1 N–H and O–H groups in total. The number of hydrogen-bond acceptors (Lipinski definition) is 3. The summed E-state index contributed by atoms with van der Waals surface area (Å²) in [4.78, 5) is 11.7. The van der Waals surface area contributed by atoms with E-state index >= 15 is 0 Å². The highest BCUT2D eigenvalue weighted by Gasteiger charge is 2.48. The smallest absolute Gasteiger partial charge is 0.326 e. The normalized spacial score (nSPS) is 37.5. The van der Waals surface area contributed by atoms with E-state index in [0.717, 1.165) is 25.8 Å². The first-order chi connectivity index (χ1) is 6.27. The van der Waals surface area contributed by atoms with Crippen molar-refractivity contribution in [2.75, 3.05) is 13.2 Å². The van der Waals surface area contributed by atoms with Crippen molar-refractivity contribution in [1.29, 1.82) is 0 Å². The second kappa shape index (κ2) is 3.29. The van der Waals surface area contributed by atoms with E-state index in [-0.39, 0.29) is 11.5 Å². The highest BCUT2D eigenvalue weighted by Crippen LogP contribution is 2.38. The molecule has 0 amide bonds. The predicted octanol–water partition coefficient (Wildman–Crippen LogP) is 1.08. The molecule has 2 bridgehead atoms. The Morgan fingerprint density at radius 2 is 2.54 bits per heavy atom. The van der Waals surface area contributed by atoms with Crippen LogP contribution in [0.2, 0.25) is 0 Å². The molecule has 0 aromatic rings. The zero-order chi connectivity index (χ0) is 9.31. The SMILES string of the molecule is CCOC(=O)C12CCCC(CN1)C2. The average Bonchev–Trinajstić information content (AvgIpc) is 2.44. The summed E-state index contributed by atoms with van der Waals surface area (Å²) in [5.74, 6) is 0.676. The molecule has 3 nitrogen and oxygen atoms in total. The number of carbonyl (C=O) groups is 1. The fourth-order valence-electron chi connectivity index (χ4n) is 2.59. The zero-order valence-electron chi connectivity index (χ0n) is 8.14. The molecule has 1 aliphatic carbocycles. The van der Waals surface area contributed by atoms with E-state index < -0.39 is 0 Å². The van der Waals surface area contributed by atoms with Crippen LogP contribution in [0, 0.1) is 5.92 Å². The van der Waals surface area contributed by atoms with Crippen LogP contribution in [-0.2, 0) is 9.53 Å². The van der Waals surface area contributed by atoms with Gasteiger partial charge < -0.3 is 10.1 Å². The molecule has 0 aromatic heterocycles. The van der Waals surface area contributed by atoms with Crippen LogP contribution < -0.4 is 5.32 Å². The van der Waals surface area contributed by atoms with Crippen molar-refractivity contribution in [1.82, 2.24) is 5.32 Å². The van der Waals surface area contributed by atoms with Gasteiger partial charge in [0.2, 0.25) is 0 Å². The van der Waals surface area contributed by atoms with Crippen LogP contribution in [0.15, 0.2) is 0 Å². The molecule has 2 aliphatic rings. The van der Waals surface area contributed by atoms with E-state index in [1.807, 2.05) is 6.92 Å². The summed E-state index contributed by atoms with van der Waals surface area (Å²) in [7, 11) is 0. The van der Waals surface area contributed by atoms with E-state index in [2.05, 4.69) is 5.32 Å². The average molecular weight is 183 g/mol. The molecule has 3 heteroatoms. The highest BCUT2D eigenvalue weighted by molar-refractivity contribution is 5.81. The number of esters is 1. The van der Waals surface area contributed by atoms with Crippen molar-refractivity contribution in [3.63, 3.8) is 0 Å². The Morgan fingerprint density at radius 3 is 3.31 bits per heavy atom. The summed E-state index contributed by atoms with van der Waals surface area (Å²) in [6.07, 6.45) is 4.39. The molecule has 1 heterocycles. The van der Waals surface area contributed by atoms with Crippen LogP contribution in [0.5, 0.6) is 0 Å². The van der Waals surface area contributed by atoms with Crippen molar-refractivity contribution < 1.29 is 9.53 Å². The number of nitrogens with one attached hydrogen (secondary N) is 1.